The first-order valence-electron chi connectivity index (χ1n) is 6.83. The lowest BCUT2D eigenvalue weighted by Gasteiger charge is -2.29. The highest BCUT2D eigenvalue weighted by Crippen LogP contribution is 2.30. The Balaban J connectivity index is 1.50. The Bertz CT molecular complexity index is 356. The molecule has 17 heavy (non-hydrogen) atoms. The lowest BCUT2D eigenvalue weighted by atomic mass is 10.1. The Morgan fingerprint density at radius 3 is 2.94 bits per heavy atom. The van der Waals surface area contributed by atoms with E-state index in [0.717, 1.165) is 12.6 Å². The molecule has 0 amide bonds. The molecule has 3 heteroatoms. The van der Waals surface area contributed by atoms with Gasteiger partial charge in [-0.05, 0) is 63.9 Å². The third-order valence-corrected chi connectivity index (χ3v) is 5.32. The van der Waals surface area contributed by atoms with E-state index in [1.54, 1.807) is 15.3 Å². The number of aryl methyl sites for hydroxylation is 2. The topological polar surface area (TPSA) is 15.3 Å². The Kier molecular flexibility index (Phi) is 3.50. The molecule has 0 bridgehead atoms. The van der Waals surface area contributed by atoms with Gasteiger partial charge >= 0.3 is 0 Å². The molecule has 94 valence electrons. The Hall–Kier alpha value is -0.380. The van der Waals surface area contributed by atoms with Gasteiger partial charge in [0.2, 0.25) is 0 Å². The molecule has 1 aliphatic carbocycles. The van der Waals surface area contributed by atoms with Gasteiger partial charge in [0, 0.05) is 22.3 Å². The van der Waals surface area contributed by atoms with Gasteiger partial charge in [0.05, 0.1) is 0 Å². The molecule has 1 fully saturated rings. The van der Waals surface area contributed by atoms with E-state index in [0.29, 0.717) is 0 Å². The first kappa shape index (κ1) is 11.7. The molecule has 0 saturated carbocycles. The number of hydrogen-bond donors (Lipinski definition) is 1. The summed E-state index contributed by atoms with van der Waals surface area (Å²) in [5, 5.41) is 3.73. The summed E-state index contributed by atoms with van der Waals surface area (Å²) in [5.74, 6) is 0. The third-order valence-electron chi connectivity index (χ3n) is 4.08. The fraction of sp³-hybridized carbons (Fsp3) is 0.714. The third kappa shape index (κ3) is 2.72. The molecule has 0 radical (unpaired) electrons. The fourth-order valence-electron chi connectivity index (χ4n) is 2.94. The minimum atomic E-state index is 0.739. The van der Waals surface area contributed by atoms with Gasteiger partial charge in [0.1, 0.15) is 0 Å². The van der Waals surface area contributed by atoms with Crippen molar-refractivity contribution in [3.63, 3.8) is 0 Å². The van der Waals surface area contributed by atoms with Crippen molar-refractivity contribution in [2.75, 3.05) is 20.1 Å². The summed E-state index contributed by atoms with van der Waals surface area (Å²) in [6.07, 6.45) is 6.64. The molecule has 3 rings (SSSR count). The number of hydrogen-bond acceptors (Lipinski definition) is 3. The smallest absolute Gasteiger partial charge is 0.0302 e. The molecule has 1 N–H and O–H groups in total. The van der Waals surface area contributed by atoms with Crippen LogP contribution in [0.15, 0.2) is 6.07 Å². The molecule has 1 saturated heterocycles. The number of nitrogens with zero attached hydrogens (tertiary/aromatic N) is 1. The van der Waals surface area contributed by atoms with Crippen LogP contribution in [-0.4, -0.2) is 31.1 Å². The molecule has 1 aromatic rings. The molecular formula is C14H22N2S. The van der Waals surface area contributed by atoms with E-state index in [4.69, 9.17) is 0 Å². The van der Waals surface area contributed by atoms with Crippen LogP contribution in [0, 0.1) is 0 Å². The monoisotopic (exact) mass is 250 g/mol. The lowest BCUT2D eigenvalue weighted by Crippen LogP contribution is -2.40. The van der Waals surface area contributed by atoms with E-state index >= 15 is 0 Å². The summed E-state index contributed by atoms with van der Waals surface area (Å²) in [4.78, 5) is 5.64. The maximum absolute atomic E-state index is 3.73. The lowest BCUT2D eigenvalue weighted by molar-refractivity contribution is 0.234. The predicted molar refractivity (Wildman–Crippen MR) is 73.7 cm³/mol. The fourth-order valence-corrected chi connectivity index (χ4v) is 4.15. The van der Waals surface area contributed by atoms with Crippen molar-refractivity contribution in [1.82, 2.24) is 10.2 Å². The number of rotatable bonds is 3. The van der Waals surface area contributed by atoms with Crippen molar-refractivity contribution in [1.29, 1.82) is 0 Å². The van der Waals surface area contributed by atoms with Gasteiger partial charge in [-0.3, -0.25) is 0 Å². The van der Waals surface area contributed by atoms with Crippen LogP contribution >= 0.6 is 11.3 Å². The maximum Gasteiger partial charge on any atom is 0.0302 e. The molecule has 2 heterocycles. The van der Waals surface area contributed by atoms with Crippen LogP contribution in [0.2, 0.25) is 0 Å². The number of nitrogens with one attached hydrogen (secondary N) is 1. The van der Waals surface area contributed by atoms with Crippen LogP contribution in [0.25, 0.3) is 0 Å². The molecule has 2 aliphatic rings. The van der Waals surface area contributed by atoms with Gasteiger partial charge in [-0.15, -0.1) is 11.3 Å². The Morgan fingerprint density at radius 2 is 2.18 bits per heavy atom. The minimum absolute atomic E-state index is 0.739. The van der Waals surface area contributed by atoms with Crippen molar-refractivity contribution in [3.05, 3.63) is 21.4 Å². The second-order valence-corrected chi connectivity index (χ2v) is 6.69. The number of likely N-dealkylation sites (tertiary alicyclic amines) is 1. The Morgan fingerprint density at radius 1 is 1.35 bits per heavy atom. The van der Waals surface area contributed by atoms with Crippen LogP contribution in [0.4, 0.5) is 0 Å². The number of thiophene rings is 1. The zero-order valence-electron chi connectivity index (χ0n) is 10.7. The quantitative estimate of drug-likeness (QED) is 0.886. The summed E-state index contributed by atoms with van der Waals surface area (Å²) in [5.41, 5.74) is 1.63. The SMILES string of the molecule is CN1CCC(NCc2cc3c(s2)CCC3)CC1. The van der Waals surface area contributed by atoms with Gasteiger partial charge in [0.15, 0.2) is 0 Å². The van der Waals surface area contributed by atoms with E-state index in [-0.39, 0.29) is 0 Å². The first-order valence-corrected chi connectivity index (χ1v) is 7.65. The summed E-state index contributed by atoms with van der Waals surface area (Å²) in [6.45, 7) is 3.59. The van der Waals surface area contributed by atoms with Gasteiger partial charge in [-0.25, -0.2) is 0 Å². The molecule has 0 unspecified atom stereocenters. The number of fused-ring (bicyclic) bond motifs is 1. The second kappa shape index (κ2) is 5.09. The Labute approximate surface area is 108 Å². The van der Waals surface area contributed by atoms with Gasteiger partial charge < -0.3 is 10.2 Å². The maximum atomic E-state index is 3.73. The van der Waals surface area contributed by atoms with Crippen molar-refractivity contribution >= 4 is 11.3 Å². The van der Waals surface area contributed by atoms with Crippen molar-refractivity contribution in [2.45, 2.75) is 44.7 Å². The van der Waals surface area contributed by atoms with Crippen LogP contribution in [-0.2, 0) is 19.4 Å². The largest absolute Gasteiger partial charge is 0.309 e. The standard InChI is InChI=1S/C14H22N2S/c1-16-7-5-12(6-8-16)15-10-13-9-11-3-2-4-14(11)17-13/h9,12,15H,2-8,10H2,1H3. The number of piperidine rings is 1. The highest BCUT2D eigenvalue weighted by Gasteiger charge is 2.18. The highest BCUT2D eigenvalue weighted by molar-refractivity contribution is 7.12. The van der Waals surface area contributed by atoms with Crippen LogP contribution in [0.1, 0.15) is 34.6 Å². The zero-order valence-corrected chi connectivity index (χ0v) is 11.5. The molecular weight excluding hydrogens is 228 g/mol. The average Bonchev–Trinajstić information content (AvgIpc) is 2.88. The van der Waals surface area contributed by atoms with Crippen LogP contribution in [0.5, 0.6) is 0 Å². The van der Waals surface area contributed by atoms with E-state index < -0.39 is 0 Å². The molecule has 1 aliphatic heterocycles. The predicted octanol–water partition coefficient (Wildman–Crippen LogP) is 2.42. The average molecular weight is 250 g/mol. The summed E-state index contributed by atoms with van der Waals surface area (Å²) in [6, 6.07) is 3.18. The summed E-state index contributed by atoms with van der Waals surface area (Å²) < 4.78 is 0. The molecule has 1 aromatic heterocycles. The van der Waals surface area contributed by atoms with Gasteiger partial charge in [0.25, 0.3) is 0 Å². The van der Waals surface area contributed by atoms with Crippen molar-refractivity contribution in [2.24, 2.45) is 0 Å². The normalized spacial score (nSPS) is 21.9. The second-order valence-electron chi connectivity index (χ2n) is 5.47. The van der Waals surface area contributed by atoms with E-state index in [9.17, 15) is 0 Å². The first-order chi connectivity index (χ1) is 8.31. The summed E-state index contributed by atoms with van der Waals surface area (Å²) in [7, 11) is 2.22. The molecule has 0 spiro atoms. The zero-order chi connectivity index (χ0) is 11.7. The minimum Gasteiger partial charge on any atom is -0.309 e. The molecule has 0 atom stereocenters. The van der Waals surface area contributed by atoms with E-state index in [1.807, 2.05) is 11.3 Å². The summed E-state index contributed by atoms with van der Waals surface area (Å²) >= 11 is 2.04. The van der Waals surface area contributed by atoms with Crippen LogP contribution < -0.4 is 5.32 Å². The molecule has 2 nitrogen and oxygen atoms in total. The van der Waals surface area contributed by atoms with E-state index in [1.165, 1.54) is 45.2 Å². The highest BCUT2D eigenvalue weighted by atomic mass is 32.1. The van der Waals surface area contributed by atoms with Crippen LogP contribution in [0.3, 0.4) is 0 Å². The van der Waals surface area contributed by atoms with Gasteiger partial charge in [-0.2, -0.15) is 0 Å². The van der Waals surface area contributed by atoms with Crippen molar-refractivity contribution in [3.8, 4) is 0 Å². The van der Waals surface area contributed by atoms with Crippen molar-refractivity contribution < 1.29 is 0 Å². The van der Waals surface area contributed by atoms with Gasteiger partial charge in [-0.1, -0.05) is 0 Å². The molecule has 0 aromatic carbocycles. The van der Waals surface area contributed by atoms with E-state index in [2.05, 4.69) is 23.3 Å².